The number of phenols is 1. The third-order valence-corrected chi connectivity index (χ3v) is 3.39. The normalized spacial score (nSPS) is 10.2. The van der Waals surface area contributed by atoms with E-state index in [-0.39, 0.29) is 16.7 Å². The summed E-state index contributed by atoms with van der Waals surface area (Å²) in [7, 11) is 1.62. The Labute approximate surface area is 128 Å². The number of benzene rings is 2. The molecule has 5 heteroatoms. The van der Waals surface area contributed by atoms with E-state index in [4.69, 9.17) is 16.3 Å². The summed E-state index contributed by atoms with van der Waals surface area (Å²) in [6.07, 6.45) is 0.668. The van der Waals surface area contributed by atoms with Crippen molar-refractivity contribution in [3.05, 3.63) is 58.6 Å². The topological polar surface area (TPSA) is 58.6 Å². The molecular formula is C16H16ClNO3. The molecule has 0 aromatic heterocycles. The molecule has 2 aromatic carbocycles. The molecule has 0 saturated carbocycles. The second-order valence-corrected chi connectivity index (χ2v) is 4.89. The molecule has 0 atom stereocenters. The number of aromatic hydroxyl groups is 1. The van der Waals surface area contributed by atoms with Gasteiger partial charge in [0.15, 0.2) is 0 Å². The minimum absolute atomic E-state index is 0.0396. The zero-order valence-electron chi connectivity index (χ0n) is 11.6. The number of rotatable bonds is 5. The number of phenolic OH excluding ortho intramolecular Hbond substituents is 1. The average Bonchev–Trinajstić information content (AvgIpc) is 2.50. The van der Waals surface area contributed by atoms with Crippen LogP contribution in [0.15, 0.2) is 42.5 Å². The highest BCUT2D eigenvalue weighted by atomic mass is 35.5. The van der Waals surface area contributed by atoms with Gasteiger partial charge in [0.2, 0.25) is 0 Å². The number of amides is 1. The maximum absolute atomic E-state index is 12.0. The van der Waals surface area contributed by atoms with Gasteiger partial charge in [-0.25, -0.2) is 0 Å². The van der Waals surface area contributed by atoms with Gasteiger partial charge in [-0.15, -0.1) is 0 Å². The van der Waals surface area contributed by atoms with Crippen molar-refractivity contribution in [3.8, 4) is 11.5 Å². The predicted octanol–water partition coefficient (Wildman–Crippen LogP) is 3.03. The largest absolute Gasteiger partial charge is 0.506 e. The second-order valence-electron chi connectivity index (χ2n) is 4.48. The van der Waals surface area contributed by atoms with E-state index in [0.29, 0.717) is 18.5 Å². The second kappa shape index (κ2) is 6.99. The average molecular weight is 306 g/mol. The highest BCUT2D eigenvalue weighted by Gasteiger charge is 2.08. The lowest BCUT2D eigenvalue weighted by Gasteiger charge is -2.09. The Balaban J connectivity index is 1.93. The van der Waals surface area contributed by atoms with Crippen LogP contribution in [-0.2, 0) is 6.42 Å². The number of para-hydroxylation sites is 1. The van der Waals surface area contributed by atoms with Crippen molar-refractivity contribution in [3.63, 3.8) is 0 Å². The Morgan fingerprint density at radius 2 is 2.05 bits per heavy atom. The van der Waals surface area contributed by atoms with E-state index in [1.54, 1.807) is 7.11 Å². The van der Waals surface area contributed by atoms with Crippen molar-refractivity contribution in [2.75, 3.05) is 13.7 Å². The van der Waals surface area contributed by atoms with Gasteiger partial charge in [-0.05, 0) is 36.2 Å². The minimum Gasteiger partial charge on any atom is -0.506 e. The highest BCUT2D eigenvalue weighted by Crippen LogP contribution is 2.23. The third kappa shape index (κ3) is 3.89. The smallest absolute Gasteiger partial charge is 0.251 e. The van der Waals surface area contributed by atoms with Crippen molar-refractivity contribution in [2.45, 2.75) is 6.42 Å². The first-order chi connectivity index (χ1) is 10.1. The third-order valence-electron chi connectivity index (χ3n) is 3.08. The first kappa shape index (κ1) is 15.2. The van der Waals surface area contributed by atoms with Crippen LogP contribution in [0.4, 0.5) is 0 Å². The van der Waals surface area contributed by atoms with Gasteiger partial charge in [0, 0.05) is 12.1 Å². The molecule has 2 rings (SSSR count). The summed E-state index contributed by atoms with van der Waals surface area (Å²) in [5.74, 6) is 0.536. The van der Waals surface area contributed by atoms with Crippen molar-refractivity contribution in [1.29, 1.82) is 0 Å². The standard InChI is InChI=1S/C16H16ClNO3/c1-21-15-5-3-2-4-11(15)8-9-18-16(20)12-6-7-14(19)13(17)10-12/h2-7,10,19H,8-9H2,1H3,(H,18,20). The van der Waals surface area contributed by atoms with Gasteiger partial charge >= 0.3 is 0 Å². The molecule has 0 aliphatic heterocycles. The maximum Gasteiger partial charge on any atom is 0.251 e. The van der Waals surface area contributed by atoms with E-state index in [1.807, 2.05) is 24.3 Å². The lowest BCUT2D eigenvalue weighted by molar-refractivity contribution is 0.0954. The summed E-state index contributed by atoms with van der Waals surface area (Å²) >= 11 is 5.78. The number of carbonyl (C=O) groups excluding carboxylic acids is 1. The molecule has 0 unspecified atom stereocenters. The summed E-state index contributed by atoms with van der Waals surface area (Å²) in [5, 5.41) is 12.3. The predicted molar refractivity (Wildman–Crippen MR) is 82.1 cm³/mol. The zero-order chi connectivity index (χ0) is 15.2. The van der Waals surface area contributed by atoms with Crippen LogP contribution in [0.25, 0.3) is 0 Å². The van der Waals surface area contributed by atoms with Crippen LogP contribution < -0.4 is 10.1 Å². The van der Waals surface area contributed by atoms with E-state index in [1.165, 1.54) is 18.2 Å². The van der Waals surface area contributed by atoms with Crippen LogP contribution >= 0.6 is 11.6 Å². The Bertz CT molecular complexity index is 643. The quantitative estimate of drug-likeness (QED) is 0.892. The van der Waals surface area contributed by atoms with Gasteiger partial charge in [0.1, 0.15) is 11.5 Å². The summed E-state index contributed by atoms with van der Waals surface area (Å²) < 4.78 is 5.26. The van der Waals surface area contributed by atoms with E-state index in [9.17, 15) is 9.90 Å². The fourth-order valence-corrected chi connectivity index (χ4v) is 2.15. The summed E-state index contributed by atoms with van der Waals surface area (Å²) in [5.41, 5.74) is 1.45. The lowest BCUT2D eigenvalue weighted by Crippen LogP contribution is -2.25. The van der Waals surface area contributed by atoms with Crippen LogP contribution in [0.1, 0.15) is 15.9 Å². The van der Waals surface area contributed by atoms with Crippen molar-refractivity contribution >= 4 is 17.5 Å². The Hall–Kier alpha value is -2.20. The molecule has 0 saturated heterocycles. The summed E-state index contributed by atoms with van der Waals surface area (Å²) in [6, 6.07) is 12.0. The molecule has 2 N–H and O–H groups in total. The molecule has 21 heavy (non-hydrogen) atoms. The fourth-order valence-electron chi connectivity index (χ4n) is 1.97. The van der Waals surface area contributed by atoms with Crippen molar-refractivity contribution < 1.29 is 14.6 Å². The molecule has 1 amide bonds. The molecule has 2 aromatic rings. The molecule has 0 aliphatic rings. The molecule has 0 heterocycles. The lowest BCUT2D eigenvalue weighted by atomic mass is 10.1. The number of ether oxygens (including phenoxy) is 1. The van der Waals surface area contributed by atoms with E-state index < -0.39 is 0 Å². The van der Waals surface area contributed by atoms with Crippen molar-refractivity contribution in [1.82, 2.24) is 5.32 Å². The molecule has 0 spiro atoms. The number of carbonyl (C=O) groups is 1. The molecule has 4 nitrogen and oxygen atoms in total. The maximum atomic E-state index is 12.0. The molecular weight excluding hydrogens is 290 g/mol. The SMILES string of the molecule is COc1ccccc1CCNC(=O)c1ccc(O)c(Cl)c1. The molecule has 0 fully saturated rings. The van der Waals surface area contributed by atoms with Crippen LogP contribution in [0.5, 0.6) is 11.5 Å². The number of halogens is 1. The minimum atomic E-state index is -0.230. The van der Waals surface area contributed by atoms with E-state index in [2.05, 4.69) is 5.32 Å². The molecule has 0 bridgehead atoms. The van der Waals surface area contributed by atoms with Crippen molar-refractivity contribution in [2.24, 2.45) is 0 Å². The number of hydrogen-bond acceptors (Lipinski definition) is 3. The number of nitrogens with one attached hydrogen (secondary N) is 1. The Morgan fingerprint density at radius 3 is 2.76 bits per heavy atom. The van der Waals surface area contributed by atoms with Crippen LogP contribution in [0.3, 0.4) is 0 Å². The first-order valence-electron chi connectivity index (χ1n) is 6.50. The molecule has 0 radical (unpaired) electrons. The van der Waals surface area contributed by atoms with Gasteiger partial charge in [0.05, 0.1) is 12.1 Å². The zero-order valence-corrected chi connectivity index (χ0v) is 12.4. The van der Waals surface area contributed by atoms with E-state index >= 15 is 0 Å². The monoisotopic (exact) mass is 305 g/mol. The van der Waals surface area contributed by atoms with Gasteiger partial charge in [-0.2, -0.15) is 0 Å². The van der Waals surface area contributed by atoms with Gasteiger partial charge in [-0.3, -0.25) is 4.79 Å². The number of hydrogen-bond donors (Lipinski definition) is 2. The van der Waals surface area contributed by atoms with E-state index in [0.717, 1.165) is 11.3 Å². The Kier molecular flexibility index (Phi) is 5.06. The molecule has 110 valence electrons. The first-order valence-corrected chi connectivity index (χ1v) is 6.88. The van der Waals surface area contributed by atoms with Gasteiger partial charge in [0.25, 0.3) is 5.91 Å². The van der Waals surface area contributed by atoms with Crippen LogP contribution in [0, 0.1) is 0 Å². The Morgan fingerprint density at radius 1 is 1.29 bits per heavy atom. The van der Waals surface area contributed by atoms with Gasteiger partial charge < -0.3 is 15.2 Å². The summed E-state index contributed by atoms with van der Waals surface area (Å²) in [6.45, 7) is 0.484. The highest BCUT2D eigenvalue weighted by molar-refractivity contribution is 6.32. The van der Waals surface area contributed by atoms with Gasteiger partial charge in [-0.1, -0.05) is 29.8 Å². The molecule has 0 aliphatic carbocycles. The fraction of sp³-hybridized carbons (Fsp3) is 0.188. The van der Waals surface area contributed by atoms with Crippen LogP contribution in [0.2, 0.25) is 5.02 Å². The summed E-state index contributed by atoms with van der Waals surface area (Å²) in [4.78, 5) is 12.0. The van der Waals surface area contributed by atoms with Crippen LogP contribution in [-0.4, -0.2) is 24.7 Å². The number of methoxy groups -OCH3 is 1.